The van der Waals surface area contributed by atoms with Gasteiger partial charge in [-0.05, 0) is 13.0 Å². The zero-order valence-electron chi connectivity index (χ0n) is 10.4. The zero-order chi connectivity index (χ0) is 14.0. The Morgan fingerprint density at radius 2 is 2.00 bits per heavy atom. The normalized spacial score (nSPS) is 11.6. The van der Waals surface area contributed by atoms with Crippen LogP contribution in [0.15, 0.2) is 18.3 Å². The topological polar surface area (TPSA) is 55.6 Å². The van der Waals surface area contributed by atoms with Gasteiger partial charge >= 0.3 is 6.18 Å². The van der Waals surface area contributed by atoms with Crippen LogP contribution in [0.1, 0.15) is 12.7 Å². The third-order valence-electron chi connectivity index (χ3n) is 2.31. The average molecular weight is 271 g/mol. The Hall–Kier alpha value is -2.12. The van der Waals surface area contributed by atoms with E-state index in [4.69, 9.17) is 0 Å². The lowest BCUT2D eigenvalue weighted by molar-refractivity contribution is -0.144. The highest BCUT2D eigenvalue weighted by atomic mass is 19.4. The van der Waals surface area contributed by atoms with Crippen molar-refractivity contribution in [2.75, 3.05) is 11.9 Å². The highest BCUT2D eigenvalue weighted by Gasteiger charge is 2.35. The van der Waals surface area contributed by atoms with E-state index in [1.54, 1.807) is 26.2 Å². The van der Waals surface area contributed by atoms with Crippen LogP contribution >= 0.6 is 0 Å². The van der Waals surface area contributed by atoms with Crippen LogP contribution in [0.25, 0.3) is 11.4 Å². The highest BCUT2D eigenvalue weighted by Crippen LogP contribution is 2.29. The average Bonchev–Trinajstić information content (AvgIpc) is 2.75. The first kappa shape index (κ1) is 13.3. The van der Waals surface area contributed by atoms with E-state index in [2.05, 4.69) is 20.4 Å². The zero-order valence-corrected chi connectivity index (χ0v) is 10.4. The summed E-state index contributed by atoms with van der Waals surface area (Å²) in [4.78, 5) is 6.96. The standard InChI is InChI=1S/C11H12F3N5/c1-3-15-9-6-8(7-4-5-19(2)18-7)16-10(17-9)11(12,13)14/h4-6H,3H2,1-2H3,(H,15,16,17). The molecule has 0 spiro atoms. The molecular weight excluding hydrogens is 259 g/mol. The first-order chi connectivity index (χ1) is 8.90. The summed E-state index contributed by atoms with van der Waals surface area (Å²) in [5.41, 5.74) is 0.508. The van der Waals surface area contributed by atoms with Crippen LogP contribution in [-0.2, 0) is 13.2 Å². The third kappa shape index (κ3) is 3.01. The minimum absolute atomic E-state index is 0.130. The number of alkyl halides is 3. The molecule has 2 heterocycles. The maximum absolute atomic E-state index is 12.7. The molecule has 5 nitrogen and oxygen atoms in total. The van der Waals surface area contributed by atoms with Gasteiger partial charge in [-0.3, -0.25) is 4.68 Å². The molecule has 19 heavy (non-hydrogen) atoms. The monoisotopic (exact) mass is 271 g/mol. The summed E-state index contributed by atoms with van der Waals surface area (Å²) in [6.07, 6.45) is -2.95. The molecule has 0 aromatic carbocycles. The summed E-state index contributed by atoms with van der Waals surface area (Å²) >= 11 is 0. The van der Waals surface area contributed by atoms with Crippen molar-refractivity contribution in [2.24, 2.45) is 7.05 Å². The summed E-state index contributed by atoms with van der Waals surface area (Å²) in [5.74, 6) is -1.04. The Morgan fingerprint density at radius 3 is 2.53 bits per heavy atom. The number of rotatable bonds is 3. The van der Waals surface area contributed by atoms with Crippen molar-refractivity contribution in [2.45, 2.75) is 13.1 Å². The number of hydrogen-bond donors (Lipinski definition) is 1. The molecule has 0 aliphatic rings. The molecule has 8 heteroatoms. The SMILES string of the molecule is CCNc1cc(-c2ccn(C)n2)nc(C(F)(F)F)n1. The molecule has 0 atom stereocenters. The molecule has 0 bridgehead atoms. The lowest BCUT2D eigenvalue weighted by Gasteiger charge is -2.09. The predicted octanol–water partition coefficient (Wildman–Crippen LogP) is 2.33. The largest absolute Gasteiger partial charge is 0.451 e. The molecule has 2 rings (SSSR count). The summed E-state index contributed by atoms with van der Waals surface area (Å²) < 4.78 is 39.7. The number of halogens is 3. The van der Waals surface area contributed by atoms with Gasteiger partial charge < -0.3 is 5.32 Å². The summed E-state index contributed by atoms with van der Waals surface area (Å²) in [6.45, 7) is 2.24. The first-order valence-corrected chi connectivity index (χ1v) is 5.60. The van der Waals surface area contributed by atoms with Crippen molar-refractivity contribution in [3.8, 4) is 11.4 Å². The number of nitrogens with zero attached hydrogens (tertiary/aromatic N) is 4. The minimum atomic E-state index is -4.59. The lowest BCUT2D eigenvalue weighted by atomic mass is 10.3. The molecule has 0 aliphatic heterocycles. The Morgan fingerprint density at radius 1 is 1.26 bits per heavy atom. The second kappa shape index (κ2) is 4.87. The van der Waals surface area contributed by atoms with Crippen molar-refractivity contribution in [1.29, 1.82) is 0 Å². The number of aryl methyl sites for hydroxylation is 1. The Labute approximate surface area is 107 Å². The molecule has 2 aromatic rings. The van der Waals surface area contributed by atoms with Gasteiger partial charge in [0.25, 0.3) is 0 Å². The van der Waals surface area contributed by atoms with Gasteiger partial charge in [0, 0.05) is 25.9 Å². The van der Waals surface area contributed by atoms with Crippen LogP contribution < -0.4 is 5.32 Å². The van der Waals surface area contributed by atoms with Crippen molar-refractivity contribution < 1.29 is 13.2 Å². The fourth-order valence-electron chi connectivity index (χ4n) is 1.53. The first-order valence-electron chi connectivity index (χ1n) is 5.60. The molecule has 0 fully saturated rings. The molecular formula is C11H12F3N5. The number of nitrogens with one attached hydrogen (secondary N) is 1. The van der Waals surface area contributed by atoms with Crippen molar-refractivity contribution in [3.05, 3.63) is 24.2 Å². The fraction of sp³-hybridized carbons (Fsp3) is 0.364. The van der Waals surface area contributed by atoms with Gasteiger partial charge in [-0.1, -0.05) is 0 Å². The Bertz CT molecular complexity index is 576. The van der Waals surface area contributed by atoms with Crippen LogP contribution in [0.3, 0.4) is 0 Å². The minimum Gasteiger partial charge on any atom is -0.370 e. The summed E-state index contributed by atoms with van der Waals surface area (Å²) in [6, 6.07) is 3.04. The van der Waals surface area contributed by atoms with Crippen molar-refractivity contribution >= 4 is 5.82 Å². The van der Waals surface area contributed by atoms with Gasteiger partial charge in [0.1, 0.15) is 11.5 Å². The van der Waals surface area contributed by atoms with Gasteiger partial charge in [0.2, 0.25) is 5.82 Å². The quantitative estimate of drug-likeness (QED) is 0.930. The van der Waals surface area contributed by atoms with Crippen LogP contribution in [0.2, 0.25) is 0 Å². The van der Waals surface area contributed by atoms with Crippen molar-refractivity contribution in [1.82, 2.24) is 19.7 Å². The lowest BCUT2D eigenvalue weighted by Crippen LogP contribution is -2.14. The number of anilines is 1. The molecule has 2 aromatic heterocycles. The van der Waals surface area contributed by atoms with Crippen LogP contribution in [0.4, 0.5) is 19.0 Å². The van der Waals surface area contributed by atoms with Crippen LogP contribution in [0, 0.1) is 0 Å². The van der Waals surface area contributed by atoms with E-state index >= 15 is 0 Å². The van der Waals surface area contributed by atoms with Crippen LogP contribution in [0.5, 0.6) is 0 Å². The smallest absolute Gasteiger partial charge is 0.370 e. The van der Waals surface area contributed by atoms with Gasteiger partial charge in [-0.25, -0.2) is 9.97 Å². The molecule has 0 aliphatic carbocycles. The van der Waals surface area contributed by atoms with Crippen molar-refractivity contribution in [3.63, 3.8) is 0 Å². The summed E-state index contributed by atoms with van der Waals surface area (Å²) in [7, 11) is 1.68. The fourth-order valence-corrected chi connectivity index (χ4v) is 1.53. The predicted molar refractivity (Wildman–Crippen MR) is 63.4 cm³/mol. The van der Waals surface area contributed by atoms with E-state index in [1.807, 2.05) is 0 Å². The van der Waals surface area contributed by atoms with E-state index in [0.29, 0.717) is 12.2 Å². The number of hydrogen-bond acceptors (Lipinski definition) is 4. The third-order valence-corrected chi connectivity index (χ3v) is 2.31. The number of aromatic nitrogens is 4. The molecule has 0 unspecified atom stereocenters. The van der Waals surface area contributed by atoms with E-state index < -0.39 is 12.0 Å². The maximum Gasteiger partial charge on any atom is 0.451 e. The Kier molecular flexibility index (Phi) is 3.41. The molecule has 1 N–H and O–H groups in total. The Balaban J connectivity index is 2.51. The molecule has 0 radical (unpaired) electrons. The van der Waals surface area contributed by atoms with E-state index in [-0.39, 0.29) is 11.5 Å². The van der Waals surface area contributed by atoms with E-state index in [1.165, 1.54) is 10.7 Å². The van der Waals surface area contributed by atoms with Crippen LogP contribution in [-0.4, -0.2) is 26.3 Å². The van der Waals surface area contributed by atoms with Gasteiger partial charge in [0.05, 0.1) is 5.69 Å². The van der Waals surface area contributed by atoms with Gasteiger partial charge in [-0.2, -0.15) is 18.3 Å². The van der Waals surface area contributed by atoms with Gasteiger partial charge in [-0.15, -0.1) is 0 Å². The second-order valence-electron chi connectivity index (χ2n) is 3.86. The van der Waals surface area contributed by atoms with E-state index in [9.17, 15) is 13.2 Å². The molecule has 0 saturated heterocycles. The maximum atomic E-state index is 12.7. The van der Waals surface area contributed by atoms with Gasteiger partial charge in [0.15, 0.2) is 0 Å². The molecule has 0 amide bonds. The van der Waals surface area contributed by atoms with E-state index in [0.717, 1.165) is 0 Å². The highest BCUT2D eigenvalue weighted by molar-refractivity contribution is 5.58. The summed E-state index contributed by atoms with van der Waals surface area (Å²) in [5, 5.41) is 6.79. The molecule has 0 saturated carbocycles. The molecule has 102 valence electrons. The second-order valence-corrected chi connectivity index (χ2v) is 3.86.